The van der Waals surface area contributed by atoms with Crippen LogP contribution in [0, 0.1) is 0 Å². The highest BCUT2D eigenvalue weighted by Crippen LogP contribution is 2.54. The molecule has 0 spiro atoms. The number of hydrogen-bond donors (Lipinski definition) is 2. The maximum atomic E-state index is 9.93. The molecule has 1 rings (SSSR count). The Bertz CT molecular complexity index is 340. The molecule has 3 N–H and O–H groups in total. The molecule has 20 heavy (non-hydrogen) atoms. The van der Waals surface area contributed by atoms with E-state index in [4.69, 9.17) is 14.7 Å². The second-order valence-electron chi connectivity index (χ2n) is 6.35. The predicted octanol–water partition coefficient (Wildman–Crippen LogP) is 0.743. The highest BCUT2D eigenvalue weighted by Gasteiger charge is 2.31. The van der Waals surface area contributed by atoms with Gasteiger partial charge in [-0.3, -0.25) is 9.89 Å². The van der Waals surface area contributed by atoms with Crippen LogP contribution in [0.4, 0.5) is 0 Å². The number of aliphatic imine (C=N–C) groups is 1. The van der Waals surface area contributed by atoms with Crippen molar-refractivity contribution in [1.29, 1.82) is 0 Å². The van der Waals surface area contributed by atoms with E-state index in [2.05, 4.69) is 25.8 Å². The van der Waals surface area contributed by atoms with Crippen LogP contribution in [0.25, 0.3) is 0 Å². The normalized spacial score (nSPS) is 24.1. The van der Waals surface area contributed by atoms with E-state index in [0.717, 1.165) is 0 Å². The molecule has 0 amide bonds. The molecular weight excluding hydrogens is 278 g/mol. The van der Waals surface area contributed by atoms with Crippen LogP contribution in [0.3, 0.4) is 0 Å². The zero-order valence-corrected chi connectivity index (χ0v) is 14.2. The minimum Gasteiger partial charge on any atom is -0.366 e. The average molecular weight is 307 g/mol. The van der Waals surface area contributed by atoms with E-state index >= 15 is 0 Å². The van der Waals surface area contributed by atoms with Gasteiger partial charge in [-0.15, -0.1) is 10.3 Å². The third-order valence-electron chi connectivity index (χ3n) is 3.59. The van der Waals surface area contributed by atoms with E-state index in [0.29, 0.717) is 6.61 Å². The van der Waals surface area contributed by atoms with E-state index in [1.807, 2.05) is 24.5 Å². The van der Waals surface area contributed by atoms with Crippen molar-refractivity contribution in [2.75, 3.05) is 32.7 Å². The monoisotopic (exact) mass is 307 g/mol. The number of aliphatic hydroxyl groups is 1. The van der Waals surface area contributed by atoms with Crippen LogP contribution in [0.5, 0.6) is 0 Å². The maximum absolute atomic E-state index is 9.93. The highest BCUT2D eigenvalue weighted by atomic mass is 32.3. The van der Waals surface area contributed by atoms with Crippen molar-refractivity contribution in [2.24, 2.45) is 10.7 Å². The van der Waals surface area contributed by atoms with Crippen molar-refractivity contribution >= 4 is 16.5 Å². The molecule has 0 aromatic carbocycles. The summed E-state index contributed by atoms with van der Waals surface area (Å²) >= 11 is 0. The number of nitrogens with two attached hydrogens (primary N) is 1. The number of epoxide rings is 1. The summed E-state index contributed by atoms with van der Waals surface area (Å²) in [6, 6.07) is 0. The first-order valence-electron chi connectivity index (χ1n) is 6.73. The lowest BCUT2D eigenvalue weighted by atomic mass is 10.3. The molecule has 120 valence electrons. The molecule has 7 heteroatoms. The first kappa shape index (κ1) is 17.9. The Labute approximate surface area is 123 Å². The van der Waals surface area contributed by atoms with Gasteiger partial charge in [0.1, 0.15) is 6.23 Å². The fourth-order valence-electron chi connectivity index (χ4n) is 1.29. The maximum Gasteiger partial charge on any atom is 0.185 e. The minimum absolute atomic E-state index is 0.0115. The van der Waals surface area contributed by atoms with Gasteiger partial charge in [0.2, 0.25) is 0 Å². The molecule has 0 aliphatic carbocycles. The van der Waals surface area contributed by atoms with Crippen LogP contribution >= 0.6 is 10.3 Å². The molecule has 0 aromatic heterocycles. The largest absolute Gasteiger partial charge is 0.366 e. The summed E-state index contributed by atoms with van der Waals surface area (Å²) in [6.07, 6.45) is 4.60. The number of ether oxygens (including phenoxy) is 1. The van der Waals surface area contributed by atoms with Crippen LogP contribution in [-0.2, 0) is 8.92 Å². The molecule has 1 saturated heterocycles. The number of hydrogen-bond acceptors (Lipinski definition) is 6. The third kappa shape index (κ3) is 5.31. The van der Waals surface area contributed by atoms with Gasteiger partial charge in [-0.1, -0.05) is 20.8 Å². The summed E-state index contributed by atoms with van der Waals surface area (Å²) in [6.45, 7) is 7.24. The second kappa shape index (κ2) is 6.72. The Kier molecular flexibility index (Phi) is 6.01. The molecule has 1 fully saturated rings. The van der Waals surface area contributed by atoms with Crippen LogP contribution in [-0.4, -0.2) is 72.4 Å². The second-order valence-corrected chi connectivity index (χ2v) is 10.2. The lowest BCUT2D eigenvalue weighted by Crippen LogP contribution is -2.42. The van der Waals surface area contributed by atoms with E-state index < -0.39 is 16.6 Å². The summed E-state index contributed by atoms with van der Waals surface area (Å²) in [4.78, 5) is 6.05. The summed E-state index contributed by atoms with van der Waals surface area (Å²) in [5.74, 6) is 0. The Morgan fingerprint density at radius 2 is 2.10 bits per heavy atom. The standard InChI is InChI=1S/C13H29N3O3S/c1-13(2,3)20(5,6)19-12(17)8-15-7-10(14)16(4)11-9-18-11/h7,10-12,17H,8-9,14H2,1-6H3. The number of likely N-dealkylation sites (N-methyl/N-ethyl adjacent to an activating group) is 1. The van der Waals surface area contributed by atoms with Crippen molar-refractivity contribution in [3.05, 3.63) is 0 Å². The zero-order chi connectivity index (χ0) is 15.6. The van der Waals surface area contributed by atoms with Crippen LogP contribution < -0.4 is 5.73 Å². The van der Waals surface area contributed by atoms with Crippen molar-refractivity contribution in [3.63, 3.8) is 0 Å². The molecule has 1 aliphatic rings. The predicted molar refractivity (Wildman–Crippen MR) is 85.1 cm³/mol. The first-order valence-corrected chi connectivity index (χ1v) is 9.10. The molecule has 3 atom stereocenters. The fourth-order valence-corrected chi connectivity index (χ4v) is 2.19. The van der Waals surface area contributed by atoms with E-state index in [1.165, 1.54) is 0 Å². The van der Waals surface area contributed by atoms with Gasteiger partial charge in [0, 0.05) is 11.0 Å². The number of rotatable bonds is 7. The molecular formula is C13H29N3O3S. The van der Waals surface area contributed by atoms with Gasteiger partial charge in [0.25, 0.3) is 0 Å². The van der Waals surface area contributed by atoms with Crippen LogP contribution in [0.2, 0.25) is 0 Å². The Morgan fingerprint density at radius 3 is 2.55 bits per heavy atom. The summed E-state index contributed by atoms with van der Waals surface area (Å²) < 4.78 is 10.9. The molecule has 0 saturated carbocycles. The first-order chi connectivity index (χ1) is 9.04. The van der Waals surface area contributed by atoms with Gasteiger partial charge in [-0.25, -0.2) is 0 Å². The average Bonchev–Trinajstić information content (AvgIpc) is 3.09. The minimum atomic E-state index is -1.35. The summed E-state index contributed by atoms with van der Waals surface area (Å²) in [7, 11) is 0.530. The van der Waals surface area contributed by atoms with Crippen molar-refractivity contribution < 1.29 is 14.0 Å². The Morgan fingerprint density at radius 1 is 1.55 bits per heavy atom. The lowest BCUT2D eigenvalue weighted by molar-refractivity contribution is 0.00210. The van der Waals surface area contributed by atoms with Crippen LogP contribution in [0.15, 0.2) is 4.99 Å². The quantitative estimate of drug-likeness (QED) is 0.412. The molecule has 1 heterocycles. The molecule has 0 bridgehead atoms. The topological polar surface area (TPSA) is 83.6 Å². The van der Waals surface area contributed by atoms with Gasteiger partial charge < -0.3 is 19.8 Å². The van der Waals surface area contributed by atoms with Gasteiger partial charge in [-0.05, 0) is 19.6 Å². The van der Waals surface area contributed by atoms with Crippen molar-refractivity contribution in [2.45, 2.75) is 44.2 Å². The van der Waals surface area contributed by atoms with E-state index in [1.54, 1.807) is 6.21 Å². The lowest BCUT2D eigenvalue weighted by Gasteiger charge is -2.44. The van der Waals surface area contributed by atoms with Gasteiger partial charge in [0.15, 0.2) is 6.29 Å². The number of nitrogens with zero attached hydrogens (tertiary/aromatic N) is 2. The molecule has 1 aliphatic heterocycles. The van der Waals surface area contributed by atoms with Crippen LogP contribution in [0.1, 0.15) is 20.8 Å². The summed E-state index contributed by atoms with van der Waals surface area (Å²) in [5, 5.41) is 9.93. The van der Waals surface area contributed by atoms with E-state index in [-0.39, 0.29) is 23.7 Å². The van der Waals surface area contributed by atoms with Gasteiger partial charge in [0.05, 0.1) is 19.3 Å². The molecule has 3 unspecified atom stereocenters. The highest BCUT2D eigenvalue weighted by molar-refractivity contribution is 8.29. The zero-order valence-electron chi connectivity index (χ0n) is 13.4. The molecule has 0 aromatic rings. The third-order valence-corrected chi connectivity index (χ3v) is 7.24. The Hall–Kier alpha value is -0.180. The van der Waals surface area contributed by atoms with Gasteiger partial charge in [-0.2, -0.15) is 0 Å². The fraction of sp³-hybridized carbons (Fsp3) is 0.923. The molecule has 6 nitrogen and oxygen atoms in total. The summed E-state index contributed by atoms with van der Waals surface area (Å²) in [5.41, 5.74) is 5.92. The SMILES string of the molecule is CN(C(N)C=NCC(O)OS(C)(C)C(C)(C)C)C1CO1. The number of aliphatic hydroxyl groups excluding tert-OH is 1. The van der Waals surface area contributed by atoms with Crippen molar-refractivity contribution in [1.82, 2.24) is 4.90 Å². The van der Waals surface area contributed by atoms with Gasteiger partial charge >= 0.3 is 0 Å². The van der Waals surface area contributed by atoms with E-state index in [9.17, 15) is 5.11 Å². The Balaban J connectivity index is 2.37. The molecule has 0 radical (unpaired) electrons. The van der Waals surface area contributed by atoms with Crippen molar-refractivity contribution in [3.8, 4) is 0 Å². The smallest absolute Gasteiger partial charge is 0.185 e.